The summed E-state index contributed by atoms with van der Waals surface area (Å²) in [6, 6.07) is 12.0. The van der Waals surface area contributed by atoms with Crippen LogP contribution in [0, 0.1) is 6.92 Å². The molecule has 3 heterocycles. The molecule has 0 saturated carbocycles. The Kier molecular flexibility index (Phi) is 2.82. The number of benzene rings is 1. The summed E-state index contributed by atoms with van der Waals surface area (Å²) < 4.78 is 7.42. The van der Waals surface area contributed by atoms with Crippen molar-refractivity contribution in [2.45, 2.75) is 13.5 Å². The molecule has 4 aromatic rings. The van der Waals surface area contributed by atoms with Gasteiger partial charge in [-0.3, -0.25) is 0 Å². The van der Waals surface area contributed by atoms with Crippen LogP contribution in [0.4, 0.5) is 0 Å². The van der Waals surface area contributed by atoms with Gasteiger partial charge < -0.3 is 9.09 Å². The average molecular weight is 296 g/mol. The number of para-hydroxylation sites is 2. The average Bonchev–Trinajstić information content (AvgIpc) is 3.20. The first-order valence-electron chi connectivity index (χ1n) is 6.59. The van der Waals surface area contributed by atoms with Crippen LogP contribution >= 0.6 is 11.3 Å². The highest BCUT2D eigenvalue weighted by atomic mass is 32.1. The minimum atomic E-state index is 0.557. The van der Waals surface area contributed by atoms with Crippen molar-refractivity contribution >= 4 is 22.4 Å². The van der Waals surface area contributed by atoms with Crippen LogP contribution in [0.5, 0.6) is 0 Å². The number of hydrogen-bond donors (Lipinski definition) is 0. The first-order chi connectivity index (χ1) is 10.3. The second-order valence-corrected chi connectivity index (χ2v) is 5.67. The molecule has 0 amide bonds. The van der Waals surface area contributed by atoms with Gasteiger partial charge in [-0.1, -0.05) is 23.4 Å². The van der Waals surface area contributed by atoms with E-state index in [1.165, 1.54) is 0 Å². The molecule has 3 aromatic heterocycles. The Morgan fingerprint density at radius 3 is 2.90 bits per heavy atom. The Bertz CT molecular complexity index is 892. The van der Waals surface area contributed by atoms with Crippen molar-refractivity contribution in [1.82, 2.24) is 19.7 Å². The summed E-state index contributed by atoms with van der Waals surface area (Å²) in [4.78, 5) is 9.99. The lowest BCUT2D eigenvalue weighted by Crippen LogP contribution is -2.03. The highest BCUT2D eigenvalue weighted by Gasteiger charge is 2.13. The van der Waals surface area contributed by atoms with Gasteiger partial charge >= 0.3 is 0 Å². The summed E-state index contributed by atoms with van der Waals surface area (Å²) in [5.74, 6) is 2.17. The fraction of sp³-hybridized carbons (Fsp3) is 0.133. The van der Waals surface area contributed by atoms with Crippen LogP contribution in [0.15, 0.2) is 46.3 Å². The molecule has 0 aliphatic rings. The van der Waals surface area contributed by atoms with Crippen molar-refractivity contribution in [3.63, 3.8) is 0 Å². The normalized spacial score (nSPS) is 11.3. The van der Waals surface area contributed by atoms with E-state index < -0.39 is 0 Å². The van der Waals surface area contributed by atoms with E-state index in [1.54, 1.807) is 11.3 Å². The molecule has 21 heavy (non-hydrogen) atoms. The van der Waals surface area contributed by atoms with Gasteiger partial charge in [-0.2, -0.15) is 4.98 Å². The number of thiophene rings is 1. The van der Waals surface area contributed by atoms with Crippen LogP contribution in [-0.4, -0.2) is 19.7 Å². The second kappa shape index (κ2) is 4.82. The molecule has 0 aliphatic heterocycles. The monoisotopic (exact) mass is 296 g/mol. The number of rotatable bonds is 3. The van der Waals surface area contributed by atoms with Gasteiger partial charge in [-0.15, -0.1) is 11.3 Å². The maximum atomic E-state index is 5.33. The van der Waals surface area contributed by atoms with Crippen molar-refractivity contribution in [2.75, 3.05) is 0 Å². The molecule has 0 aliphatic carbocycles. The van der Waals surface area contributed by atoms with Crippen LogP contribution in [0.2, 0.25) is 0 Å². The third-order valence-corrected chi connectivity index (χ3v) is 4.20. The summed E-state index contributed by atoms with van der Waals surface area (Å²) in [5.41, 5.74) is 2.06. The first kappa shape index (κ1) is 12.3. The number of imidazole rings is 1. The zero-order valence-electron chi connectivity index (χ0n) is 11.4. The molecule has 6 heteroatoms. The van der Waals surface area contributed by atoms with Gasteiger partial charge in [0.15, 0.2) is 5.82 Å². The number of hydrogen-bond acceptors (Lipinski definition) is 5. The fourth-order valence-corrected chi connectivity index (χ4v) is 3.00. The van der Waals surface area contributed by atoms with Crippen molar-refractivity contribution in [2.24, 2.45) is 0 Å². The van der Waals surface area contributed by atoms with Crippen LogP contribution in [0.1, 0.15) is 11.6 Å². The summed E-state index contributed by atoms with van der Waals surface area (Å²) in [6.45, 7) is 2.54. The highest BCUT2D eigenvalue weighted by Crippen LogP contribution is 2.23. The molecule has 0 saturated heterocycles. The molecule has 1 aromatic carbocycles. The molecular formula is C15H12N4OS. The first-order valence-corrected chi connectivity index (χ1v) is 7.47. The van der Waals surface area contributed by atoms with Gasteiger partial charge in [0.05, 0.1) is 22.5 Å². The quantitative estimate of drug-likeness (QED) is 0.580. The van der Waals surface area contributed by atoms with E-state index >= 15 is 0 Å². The molecule has 0 bridgehead atoms. The minimum Gasteiger partial charge on any atom is -0.333 e. The number of fused-ring (bicyclic) bond motifs is 1. The number of nitrogens with zero attached hydrogens (tertiary/aromatic N) is 4. The van der Waals surface area contributed by atoms with Crippen molar-refractivity contribution in [3.05, 3.63) is 53.4 Å². The standard InChI is InChI=1S/C15H12N4OS/c1-10-16-11-5-2-3-6-12(11)19(10)9-14-17-15(20-18-14)13-7-4-8-21-13/h2-8H,9H2,1H3. The molecule has 0 spiro atoms. The number of aryl methyl sites for hydroxylation is 1. The maximum Gasteiger partial charge on any atom is 0.268 e. The smallest absolute Gasteiger partial charge is 0.268 e. The van der Waals surface area contributed by atoms with Gasteiger partial charge in [0, 0.05) is 0 Å². The van der Waals surface area contributed by atoms with E-state index in [0.29, 0.717) is 18.3 Å². The van der Waals surface area contributed by atoms with Crippen LogP contribution < -0.4 is 0 Å². The van der Waals surface area contributed by atoms with Crippen molar-refractivity contribution < 1.29 is 4.52 Å². The highest BCUT2D eigenvalue weighted by molar-refractivity contribution is 7.13. The Labute approximate surface area is 124 Å². The SMILES string of the molecule is Cc1nc2ccccc2n1Cc1noc(-c2cccs2)n1. The van der Waals surface area contributed by atoms with Crippen molar-refractivity contribution in [3.8, 4) is 10.8 Å². The zero-order valence-corrected chi connectivity index (χ0v) is 12.2. The minimum absolute atomic E-state index is 0.557. The number of aromatic nitrogens is 4. The van der Waals surface area contributed by atoms with Gasteiger partial charge in [0.1, 0.15) is 5.82 Å². The van der Waals surface area contributed by atoms with E-state index in [9.17, 15) is 0 Å². The molecular weight excluding hydrogens is 284 g/mol. The molecule has 0 N–H and O–H groups in total. The lowest BCUT2D eigenvalue weighted by atomic mass is 10.3. The third-order valence-electron chi connectivity index (χ3n) is 3.34. The van der Waals surface area contributed by atoms with E-state index in [0.717, 1.165) is 21.7 Å². The topological polar surface area (TPSA) is 56.7 Å². The summed E-state index contributed by atoms with van der Waals surface area (Å²) in [7, 11) is 0. The third kappa shape index (κ3) is 2.13. The predicted molar refractivity (Wildman–Crippen MR) is 81.2 cm³/mol. The van der Waals surface area contributed by atoms with Crippen LogP contribution in [0.25, 0.3) is 21.8 Å². The summed E-state index contributed by atoms with van der Waals surface area (Å²) in [5, 5.41) is 6.06. The van der Waals surface area contributed by atoms with Gasteiger partial charge in [0.25, 0.3) is 5.89 Å². The summed E-state index contributed by atoms with van der Waals surface area (Å²) >= 11 is 1.59. The molecule has 0 fully saturated rings. The maximum absolute atomic E-state index is 5.33. The molecule has 5 nitrogen and oxygen atoms in total. The van der Waals surface area contributed by atoms with Crippen LogP contribution in [-0.2, 0) is 6.54 Å². The lowest BCUT2D eigenvalue weighted by molar-refractivity contribution is 0.421. The lowest BCUT2D eigenvalue weighted by Gasteiger charge is -2.02. The van der Waals surface area contributed by atoms with Crippen LogP contribution in [0.3, 0.4) is 0 Å². The van der Waals surface area contributed by atoms with Gasteiger partial charge in [-0.25, -0.2) is 4.98 Å². The Morgan fingerprint density at radius 1 is 1.14 bits per heavy atom. The molecule has 0 radical (unpaired) electrons. The van der Waals surface area contributed by atoms with E-state index in [4.69, 9.17) is 4.52 Å². The predicted octanol–water partition coefficient (Wildman–Crippen LogP) is 3.50. The van der Waals surface area contributed by atoms with Crippen molar-refractivity contribution in [1.29, 1.82) is 0 Å². The molecule has 4 rings (SSSR count). The van der Waals surface area contributed by atoms with Gasteiger partial charge in [0.2, 0.25) is 0 Å². The Hall–Kier alpha value is -2.47. The second-order valence-electron chi connectivity index (χ2n) is 4.73. The van der Waals surface area contributed by atoms with E-state index in [2.05, 4.69) is 25.8 Å². The molecule has 0 atom stereocenters. The van der Waals surface area contributed by atoms with Gasteiger partial charge in [-0.05, 0) is 30.5 Å². The largest absolute Gasteiger partial charge is 0.333 e. The van der Waals surface area contributed by atoms with E-state index in [1.807, 2.05) is 42.6 Å². The zero-order chi connectivity index (χ0) is 14.2. The fourth-order valence-electron chi connectivity index (χ4n) is 2.36. The Morgan fingerprint density at radius 2 is 2.05 bits per heavy atom. The molecule has 104 valence electrons. The Balaban J connectivity index is 1.70. The summed E-state index contributed by atoms with van der Waals surface area (Å²) in [6.07, 6.45) is 0. The van der Waals surface area contributed by atoms with E-state index in [-0.39, 0.29) is 0 Å². The molecule has 0 unspecified atom stereocenters.